The fourth-order valence-electron chi connectivity index (χ4n) is 2.68. The minimum Gasteiger partial charge on any atom is -0.461 e. The minimum absolute atomic E-state index is 0.334. The molecule has 0 saturated heterocycles. The second-order valence-electron chi connectivity index (χ2n) is 5.06. The fourth-order valence-corrected chi connectivity index (χ4v) is 2.68. The largest absolute Gasteiger partial charge is 0.461 e. The molecule has 1 aromatic heterocycles. The lowest BCUT2D eigenvalue weighted by atomic mass is 9.95. The number of fused-ring (bicyclic) bond motifs is 1. The van der Waals surface area contributed by atoms with Gasteiger partial charge in [-0.3, -0.25) is 0 Å². The summed E-state index contributed by atoms with van der Waals surface area (Å²) in [6.45, 7) is 4.16. The Bertz CT molecular complexity index is 825. The van der Waals surface area contributed by atoms with Crippen molar-refractivity contribution >= 4 is 16.9 Å². The Labute approximate surface area is 129 Å². The van der Waals surface area contributed by atoms with E-state index >= 15 is 0 Å². The number of pyridine rings is 1. The highest BCUT2D eigenvalue weighted by molar-refractivity contribution is 6.01. The summed E-state index contributed by atoms with van der Waals surface area (Å²) >= 11 is 0. The molecule has 1 heterocycles. The van der Waals surface area contributed by atoms with Crippen LogP contribution in [0.3, 0.4) is 0 Å². The van der Waals surface area contributed by atoms with E-state index in [-0.39, 0.29) is 5.97 Å². The van der Waals surface area contributed by atoms with Crippen molar-refractivity contribution in [3.05, 3.63) is 65.9 Å². The van der Waals surface area contributed by atoms with Gasteiger partial charge in [0, 0.05) is 10.9 Å². The Kier molecular flexibility index (Phi) is 3.88. The Morgan fingerprint density at radius 1 is 1.05 bits per heavy atom. The summed E-state index contributed by atoms with van der Waals surface area (Å²) in [4.78, 5) is 16.9. The summed E-state index contributed by atoms with van der Waals surface area (Å²) in [6, 6.07) is 17.7. The highest BCUT2D eigenvalue weighted by Gasteiger charge is 2.20. The molecule has 2 aromatic carbocycles. The molecule has 3 nitrogen and oxygen atoms in total. The Morgan fingerprint density at radius 2 is 1.73 bits per heavy atom. The lowest BCUT2D eigenvalue weighted by Crippen LogP contribution is -2.10. The van der Waals surface area contributed by atoms with Gasteiger partial charge in [-0.15, -0.1) is 0 Å². The number of hydrogen-bond acceptors (Lipinski definition) is 3. The molecule has 3 heteroatoms. The second kappa shape index (κ2) is 5.98. The number of aromatic nitrogens is 1. The SMILES string of the molecule is CCOC(=O)c1nc2ccccc2c(C)c1-c1ccccc1. The third kappa shape index (κ3) is 2.46. The molecule has 0 aliphatic heterocycles. The second-order valence-corrected chi connectivity index (χ2v) is 5.06. The summed E-state index contributed by atoms with van der Waals surface area (Å²) in [6.07, 6.45) is 0. The predicted molar refractivity (Wildman–Crippen MR) is 87.9 cm³/mol. The van der Waals surface area contributed by atoms with Crippen LogP contribution in [0.5, 0.6) is 0 Å². The molecular formula is C19H17NO2. The number of carbonyl (C=O) groups excluding carboxylic acids is 1. The van der Waals surface area contributed by atoms with Crippen LogP contribution >= 0.6 is 0 Å². The summed E-state index contributed by atoms with van der Waals surface area (Å²) in [5.41, 5.74) is 4.05. The molecule has 0 unspecified atom stereocenters. The topological polar surface area (TPSA) is 39.2 Å². The van der Waals surface area contributed by atoms with Crippen LogP contribution in [-0.2, 0) is 4.74 Å². The van der Waals surface area contributed by atoms with E-state index in [1.165, 1.54) is 0 Å². The van der Waals surface area contributed by atoms with Crippen LogP contribution in [0.2, 0.25) is 0 Å². The summed E-state index contributed by atoms with van der Waals surface area (Å²) in [7, 11) is 0. The molecule has 0 radical (unpaired) electrons. The third-order valence-electron chi connectivity index (χ3n) is 3.68. The molecule has 0 aliphatic carbocycles. The molecule has 0 atom stereocenters. The van der Waals surface area contributed by atoms with Crippen molar-refractivity contribution in [1.82, 2.24) is 4.98 Å². The van der Waals surface area contributed by atoms with Gasteiger partial charge in [0.25, 0.3) is 0 Å². The molecule has 0 fully saturated rings. The first kappa shape index (κ1) is 14.3. The molecule has 0 aliphatic rings. The van der Waals surface area contributed by atoms with Crippen molar-refractivity contribution < 1.29 is 9.53 Å². The maximum Gasteiger partial charge on any atom is 0.357 e. The van der Waals surface area contributed by atoms with Gasteiger partial charge < -0.3 is 4.74 Å². The number of carbonyl (C=O) groups is 1. The van der Waals surface area contributed by atoms with E-state index < -0.39 is 0 Å². The van der Waals surface area contributed by atoms with Crippen LogP contribution in [0.15, 0.2) is 54.6 Å². The zero-order chi connectivity index (χ0) is 15.5. The molecule has 3 aromatic rings. The van der Waals surface area contributed by atoms with Crippen molar-refractivity contribution in [3.8, 4) is 11.1 Å². The maximum atomic E-state index is 12.4. The lowest BCUT2D eigenvalue weighted by molar-refractivity contribution is 0.0521. The average Bonchev–Trinajstić information content (AvgIpc) is 2.56. The number of ether oxygens (including phenoxy) is 1. The van der Waals surface area contributed by atoms with Gasteiger partial charge in [-0.2, -0.15) is 0 Å². The highest BCUT2D eigenvalue weighted by atomic mass is 16.5. The van der Waals surface area contributed by atoms with Gasteiger partial charge in [0.15, 0.2) is 5.69 Å². The zero-order valence-electron chi connectivity index (χ0n) is 12.7. The van der Waals surface area contributed by atoms with Gasteiger partial charge in [-0.1, -0.05) is 48.5 Å². The monoisotopic (exact) mass is 291 g/mol. The van der Waals surface area contributed by atoms with Gasteiger partial charge in [0.2, 0.25) is 0 Å². The molecule has 0 spiro atoms. The lowest BCUT2D eigenvalue weighted by Gasteiger charge is -2.14. The number of hydrogen-bond donors (Lipinski definition) is 0. The number of benzene rings is 2. The molecule has 3 rings (SSSR count). The minimum atomic E-state index is -0.379. The van der Waals surface area contributed by atoms with Gasteiger partial charge in [-0.25, -0.2) is 9.78 Å². The van der Waals surface area contributed by atoms with Gasteiger partial charge in [0.05, 0.1) is 12.1 Å². The van der Waals surface area contributed by atoms with Crippen LogP contribution in [0.1, 0.15) is 23.0 Å². The van der Waals surface area contributed by atoms with Crippen LogP contribution in [0.25, 0.3) is 22.0 Å². The predicted octanol–water partition coefficient (Wildman–Crippen LogP) is 4.39. The van der Waals surface area contributed by atoms with Crippen molar-refractivity contribution in [2.75, 3.05) is 6.61 Å². The Hall–Kier alpha value is -2.68. The zero-order valence-corrected chi connectivity index (χ0v) is 12.7. The van der Waals surface area contributed by atoms with Crippen LogP contribution in [0.4, 0.5) is 0 Å². The van der Waals surface area contributed by atoms with Crippen molar-refractivity contribution in [3.63, 3.8) is 0 Å². The van der Waals surface area contributed by atoms with Crippen LogP contribution in [0, 0.1) is 6.92 Å². The first-order valence-corrected chi connectivity index (χ1v) is 7.34. The number of nitrogens with zero attached hydrogens (tertiary/aromatic N) is 1. The fraction of sp³-hybridized carbons (Fsp3) is 0.158. The normalized spacial score (nSPS) is 10.6. The first-order chi connectivity index (χ1) is 10.7. The van der Waals surface area contributed by atoms with Gasteiger partial charge >= 0.3 is 5.97 Å². The van der Waals surface area contributed by atoms with Crippen LogP contribution in [-0.4, -0.2) is 17.6 Å². The van der Waals surface area contributed by atoms with E-state index in [9.17, 15) is 4.79 Å². The number of aryl methyl sites for hydroxylation is 1. The summed E-state index contributed by atoms with van der Waals surface area (Å²) in [5, 5.41) is 1.05. The van der Waals surface area contributed by atoms with E-state index in [2.05, 4.69) is 4.98 Å². The Balaban J connectivity index is 2.33. The van der Waals surface area contributed by atoms with E-state index in [1.807, 2.05) is 61.5 Å². The average molecular weight is 291 g/mol. The smallest absolute Gasteiger partial charge is 0.357 e. The molecule has 0 amide bonds. The van der Waals surface area contributed by atoms with Gasteiger partial charge in [0.1, 0.15) is 0 Å². The standard InChI is InChI=1S/C19H17NO2/c1-3-22-19(21)18-17(14-9-5-4-6-10-14)13(2)15-11-7-8-12-16(15)20-18/h4-12H,3H2,1-2H3. The van der Waals surface area contributed by atoms with Crippen molar-refractivity contribution in [1.29, 1.82) is 0 Å². The first-order valence-electron chi connectivity index (χ1n) is 7.34. The van der Waals surface area contributed by atoms with E-state index in [4.69, 9.17) is 4.74 Å². The molecule has 110 valence electrons. The number of para-hydroxylation sites is 1. The van der Waals surface area contributed by atoms with Crippen molar-refractivity contribution in [2.45, 2.75) is 13.8 Å². The number of rotatable bonds is 3. The molecule has 0 saturated carbocycles. The van der Waals surface area contributed by atoms with Crippen molar-refractivity contribution in [2.24, 2.45) is 0 Å². The third-order valence-corrected chi connectivity index (χ3v) is 3.68. The summed E-state index contributed by atoms with van der Waals surface area (Å²) in [5.74, 6) is -0.379. The van der Waals surface area contributed by atoms with E-state index in [0.717, 1.165) is 27.6 Å². The quantitative estimate of drug-likeness (QED) is 0.672. The molecule has 22 heavy (non-hydrogen) atoms. The Morgan fingerprint density at radius 3 is 2.45 bits per heavy atom. The van der Waals surface area contributed by atoms with E-state index in [0.29, 0.717) is 12.3 Å². The van der Waals surface area contributed by atoms with E-state index in [1.54, 1.807) is 6.92 Å². The highest BCUT2D eigenvalue weighted by Crippen LogP contribution is 2.31. The van der Waals surface area contributed by atoms with Crippen LogP contribution < -0.4 is 0 Å². The molecule has 0 N–H and O–H groups in total. The molecular weight excluding hydrogens is 274 g/mol. The molecule has 0 bridgehead atoms. The maximum absolute atomic E-state index is 12.4. The van der Waals surface area contributed by atoms with Gasteiger partial charge in [-0.05, 0) is 31.0 Å². The summed E-state index contributed by atoms with van der Waals surface area (Å²) < 4.78 is 5.19. The number of esters is 1.